The molecular formula is C12H18N4O2. The van der Waals surface area contributed by atoms with E-state index < -0.39 is 0 Å². The maximum absolute atomic E-state index is 11.2. The lowest BCUT2D eigenvalue weighted by Crippen LogP contribution is -2.33. The third kappa shape index (κ3) is 4.42. The van der Waals surface area contributed by atoms with Gasteiger partial charge < -0.3 is 21.6 Å². The number of benzene rings is 1. The zero-order valence-electron chi connectivity index (χ0n) is 10.3. The zero-order chi connectivity index (χ0) is 13.4. The Kier molecular flexibility index (Phi) is 5.66. The lowest BCUT2D eigenvalue weighted by atomic mass is 10.1. The van der Waals surface area contributed by atoms with Gasteiger partial charge in [0.05, 0.1) is 6.54 Å². The van der Waals surface area contributed by atoms with Crippen LogP contribution in [0, 0.1) is 0 Å². The predicted molar refractivity (Wildman–Crippen MR) is 69.3 cm³/mol. The third-order valence-corrected chi connectivity index (χ3v) is 2.35. The highest BCUT2D eigenvalue weighted by atomic mass is 16.4. The van der Waals surface area contributed by atoms with Crippen LogP contribution in [0.2, 0.25) is 0 Å². The van der Waals surface area contributed by atoms with Crippen LogP contribution in [-0.4, -0.2) is 30.0 Å². The molecule has 0 aromatic heterocycles. The molecule has 0 aliphatic carbocycles. The fourth-order valence-corrected chi connectivity index (χ4v) is 1.43. The summed E-state index contributed by atoms with van der Waals surface area (Å²) in [6.07, 6.45) is 0. The molecular weight excluding hydrogens is 232 g/mol. The lowest BCUT2D eigenvalue weighted by molar-refractivity contribution is -0.120. The Bertz CT molecular complexity index is 415. The number of nitrogens with one attached hydrogen (secondary N) is 2. The topological polar surface area (TPSA) is 99.7 Å². The minimum Gasteiger partial charge on any atom is -0.409 e. The van der Waals surface area contributed by atoms with Gasteiger partial charge in [-0.15, -0.1) is 0 Å². The van der Waals surface area contributed by atoms with Gasteiger partial charge in [-0.3, -0.25) is 4.79 Å². The summed E-state index contributed by atoms with van der Waals surface area (Å²) in [4.78, 5) is 11.2. The first-order valence-electron chi connectivity index (χ1n) is 5.71. The van der Waals surface area contributed by atoms with E-state index in [1.54, 1.807) is 12.1 Å². The number of amidine groups is 1. The molecule has 1 aromatic carbocycles. The molecule has 18 heavy (non-hydrogen) atoms. The predicted octanol–water partition coefficient (Wildman–Crippen LogP) is 0.00680. The zero-order valence-corrected chi connectivity index (χ0v) is 10.3. The average Bonchev–Trinajstić information content (AvgIpc) is 2.39. The van der Waals surface area contributed by atoms with Crippen LogP contribution < -0.4 is 16.4 Å². The Morgan fingerprint density at radius 3 is 2.61 bits per heavy atom. The number of carbonyl (C=O) groups is 1. The molecule has 0 unspecified atom stereocenters. The van der Waals surface area contributed by atoms with E-state index in [4.69, 9.17) is 10.9 Å². The number of carbonyl (C=O) groups excluding carboxylic acids is 1. The first-order valence-corrected chi connectivity index (χ1v) is 5.71. The van der Waals surface area contributed by atoms with Gasteiger partial charge in [0.15, 0.2) is 5.84 Å². The van der Waals surface area contributed by atoms with Crippen molar-refractivity contribution in [1.82, 2.24) is 10.6 Å². The van der Waals surface area contributed by atoms with Crippen molar-refractivity contribution in [2.75, 3.05) is 13.1 Å². The molecule has 0 aliphatic rings. The van der Waals surface area contributed by atoms with Crippen LogP contribution in [0.3, 0.4) is 0 Å². The van der Waals surface area contributed by atoms with Crippen LogP contribution in [0.4, 0.5) is 0 Å². The van der Waals surface area contributed by atoms with Crippen molar-refractivity contribution in [2.45, 2.75) is 13.5 Å². The summed E-state index contributed by atoms with van der Waals surface area (Å²) >= 11 is 0. The van der Waals surface area contributed by atoms with Crippen LogP contribution in [-0.2, 0) is 11.3 Å². The van der Waals surface area contributed by atoms with Crippen LogP contribution in [0.5, 0.6) is 0 Å². The van der Waals surface area contributed by atoms with Gasteiger partial charge in [0.25, 0.3) is 0 Å². The van der Waals surface area contributed by atoms with Crippen LogP contribution in [0.25, 0.3) is 0 Å². The number of likely N-dealkylation sites (N-methyl/N-ethyl adjacent to an activating group) is 1. The van der Waals surface area contributed by atoms with Crippen molar-refractivity contribution in [3.05, 3.63) is 35.4 Å². The highest BCUT2D eigenvalue weighted by Gasteiger charge is 2.01. The Hall–Kier alpha value is -2.08. The van der Waals surface area contributed by atoms with Gasteiger partial charge >= 0.3 is 0 Å². The molecule has 1 amide bonds. The molecule has 0 spiro atoms. The first-order chi connectivity index (χ1) is 8.67. The van der Waals surface area contributed by atoms with Crippen LogP contribution >= 0.6 is 0 Å². The molecule has 0 radical (unpaired) electrons. The largest absolute Gasteiger partial charge is 0.409 e. The van der Waals surface area contributed by atoms with Gasteiger partial charge in [0, 0.05) is 18.7 Å². The Morgan fingerprint density at radius 1 is 1.39 bits per heavy atom. The summed E-state index contributed by atoms with van der Waals surface area (Å²) < 4.78 is 0. The molecule has 0 saturated heterocycles. The molecule has 0 heterocycles. The maximum atomic E-state index is 11.2. The Labute approximate surface area is 106 Å². The third-order valence-electron chi connectivity index (χ3n) is 2.35. The Balaban J connectivity index is 2.42. The molecule has 98 valence electrons. The van der Waals surface area contributed by atoms with Crippen molar-refractivity contribution in [2.24, 2.45) is 10.9 Å². The second-order valence-corrected chi connectivity index (χ2v) is 3.74. The van der Waals surface area contributed by atoms with Gasteiger partial charge in [0.2, 0.25) is 5.91 Å². The van der Waals surface area contributed by atoms with Gasteiger partial charge in [0.1, 0.15) is 0 Å². The van der Waals surface area contributed by atoms with Crippen molar-refractivity contribution in [3.63, 3.8) is 0 Å². The minimum absolute atomic E-state index is 0.0224. The fraction of sp³-hybridized carbons (Fsp3) is 0.333. The van der Waals surface area contributed by atoms with E-state index in [1.807, 2.05) is 19.1 Å². The van der Waals surface area contributed by atoms with Gasteiger partial charge in [-0.05, 0) is 12.5 Å². The summed E-state index contributed by atoms with van der Waals surface area (Å²) in [5.41, 5.74) is 7.13. The van der Waals surface area contributed by atoms with Crippen molar-refractivity contribution < 1.29 is 10.0 Å². The molecule has 1 rings (SSSR count). The van der Waals surface area contributed by atoms with E-state index in [-0.39, 0.29) is 18.3 Å². The SMILES string of the molecule is CCNC(=O)CNCc1ccc(C(N)=NO)cc1. The number of amides is 1. The number of nitrogens with two attached hydrogens (primary N) is 1. The van der Waals surface area contributed by atoms with E-state index in [0.717, 1.165) is 5.56 Å². The molecule has 1 aromatic rings. The average molecular weight is 250 g/mol. The van der Waals surface area contributed by atoms with Gasteiger partial charge in [-0.2, -0.15) is 0 Å². The number of rotatable bonds is 6. The van der Waals surface area contributed by atoms with Crippen LogP contribution in [0.1, 0.15) is 18.1 Å². The molecule has 0 bridgehead atoms. The van der Waals surface area contributed by atoms with E-state index in [2.05, 4.69) is 15.8 Å². The molecule has 0 saturated carbocycles. The standard InChI is InChI=1S/C12H18N4O2/c1-2-15-11(17)8-14-7-9-3-5-10(6-4-9)12(13)16-18/h3-6,14,18H,2,7-8H2,1H3,(H2,13,16)(H,15,17). The van der Waals surface area contributed by atoms with E-state index in [1.165, 1.54) is 0 Å². The minimum atomic E-state index is -0.0224. The first kappa shape index (κ1) is 14.0. The fourth-order valence-electron chi connectivity index (χ4n) is 1.43. The van der Waals surface area contributed by atoms with E-state index in [9.17, 15) is 4.79 Å². The molecule has 0 atom stereocenters. The number of oxime groups is 1. The van der Waals surface area contributed by atoms with Crippen molar-refractivity contribution in [1.29, 1.82) is 0 Å². The molecule has 0 aliphatic heterocycles. The number of nitrogens with zero attached hydrogens (tertiary/aromatic N) is 1. The molecule has 6 heteroatoms. The Morgan fingerprint density at radius 2 is 2.06 bits per heavy atom. The summed E-state index contributed by atoms with van der Waals surface area (Å²) in [7, 11) is 0. The highest BCUT2D eigenvalue weighted by molar-refractivity contribution is 5.96. The lowest BCUT2D eigenvalue weighted by Gasteiger charge is -2.06. The second-order valence-electron chi connectivity index (χ2n) is 3.74. The quantitative estimate of drug-likeness (QED) is 0.247. The maximum Gasteiger partial charge on any atom is 0.233 e. The second kappa shape index (κ2) is 7.29. The molecule has 5 N–H and O–H groups in total. The van der Waals surface area contributed by atoms with E-state index in [0.29, 0.717) is 18.7 Å². The summed E-state index contributed by atoms with van der Waals surface area (Å²) in [6, 6.07) is 7.24. The van der Waals surface area contributed by atoms with Crippen LogP contribution in [0.15, 0.2) is 29.4 Å². The normalized spacial score (nSPS) is 11.3. The summed E-state index contributed by atoms with van der Waals surface area (Å²) in [5, 5.41) is 17.2. The molecule has 6 nitrogen and oxygen atoms in total. The number of hydrogen-bond donors (Lipinski definition) is 4. The van der Waals surface area contributed by atoms with E-state index >= 15 is 0 Å². The number of hydrogen-bond acceptors (Lipinski definition) is 4. The highest BCUT2D eigenvalue weighted by Crippen LogP contribution is 2.03. The molecule has 0 fully saturated rings. The van der Waals surface area contributed by atoms with Gasteiger partial charge in [-0.25, -0.2) is 0 Å². The smallest absolute Gasteiger partial charge is 0.233 e. The van der Waals surface area contributed by atoms with Crippen molar-refractivity contribution >= 4 is 11.7 Å². The summed E-state index contributed by atoms with van der Waals surface area (Å²) in [5.74, 6) is 0.0580. The van der Waals surface area contributed by atoms with Crippen molar-refractivity contribution in [3.8, 4) is 0 Å². The summed E-state index contributed by atoms with van der Waals surface area (Å²) in [6.45, 7) is 3.39. The monoisotopic (exact) mass is 250 g/mol. The van der Waals surface area contributed by atoms with Gasteiger partial charge in [-0.1, -0.05) is 29.4 Å².